The summed E-state index contributed by atoms with van der Waals surface area (Å²) < 4.78 is 0. The molecule has 3 aromatic rings. The van der Waals surface area contributed by atoms with Gasteiger partial charge < -0.3 is 10.0 Å². The Morgan fingerprint density at radius 2 is 2.08 bits per heavy atom. The summed E-state index contributed by atoms with van der Waals surface area (Å²) in [5.74, 6) is 0.703. The molecule has 0 atom stereocenters. The van der Waals surface area contributed by atoms with E-state index in [1.54, 1.807) is 30.6 Å². The van der Waals surface area contributed by atoms with Crippen molar-refractivity contribution >= 4 is 22.4 Å². The van der Waals surface area contributed by atoms with E-state index in [1.807, 2.05) is 17.0 Å². The number of pyridine rings is 2. The first kappa shape index (κ1) is 15.8. The molecule has 0 aliphatic heterocycles. The molecule has 2 aromatic heterocycles. The second-order valence-corrected chi connectivity index (χ2v) is 5.31. The van der Waals surface area contributed by atoms with Gasteiger partial charge in [0.15, 0.2) is 0 Å². The van der Waals surface area contributed by atoms with E-state index in [0.717, 1.165) is 5.56 Å². The Labute approximate surface area is 138 Å². The fraction of sp³-hybridized carbons (Fsp3) is 0.176. The first-order valence-electron chi connectivity index (χ1n) is 7.47. The van der Waals surface area contributed by atoms with Gasteiger partial charge in [-0.25, -0.2) is 4.98 Å². The predicted octanol–water partition coefficient (Wildman–Crippen LogP) is 2.54. The Bertz CT molecular complexity index is 855. The van der Waals surface area contributed by atoms with Crippen LogP contribution in [0, 0.1) is 10.1 Å². The molecule has 0 unspecified atom stereocenters. The molecule has 0 fully saturated rings. The molecule has 0 radical (unpaired) electrons. The van der Waals surface area contributed by atoms with Gasteiger partial charge in [-0.2, -0.15) is 0 Å². The number of anilines is 1. The number of aliphatic hydroxyl groups is 1. The maximum absolute atomic E-state index is 10.9. The number of non-ortho nitro benzene ring substituents is 1. The van der Waals surface area contributed by atoms with Crippen LogP contribution in [0.5, 0.6) is 0 Å². The third-order valence-electron chi connectivity index (χ3n) is 3.66. The minimum atomic E-state index is -0.423. The number of hydrogen-bond acceptors (Lipinski definition) is 6. The number of aromatic nitrogens is 2. The second-order valence-electron chi connectivity index (χ2n) is 5.31. The quantitative estimate of drug-likeness (QED) is 0.553. The van der Waals surface area contributed by atoms with Gasteiger partial charge in [0.2, 0.25) is 0 Å². The third-order valence-corrected chi connectivity index (χ3v) is 3.66. The monoisotopic (exact) mass is 324 g/mol. The lowest BCUT2D eigenvalue weighted by Gasteiger charge is -2.23. The van der Waals surface area contributed by atoms with Crippen LogP contribution < -0.4 is 4.90 Å². The van der Waals surface area contributed by atoms with Crippen molar-refractivity contribution in [1.82, 2.24) is 9.97 Å². The highest BCUT2D eigenvalue weighted by Crippen LogP contribution is 2.23. The molecule has 2 heterocycles. The van der Waals surface area contributed by atoms with Crippen LogP contribution in [0.1, 0.15) is 5.56 Å². The van der Waals surface area contributed by atoms with Crippen molar-refractivity contribution in [3.05, 3.63) is 70.5 Å². The third kappa shape index (κ3) is 3.47. The van der Waals surface area contributed by atoms with Gasteiger partial charge in [0.25, 0.3) is 5.69 Å². The zero-order valence-electron chi connectivity index (χ0n) is 12.9. The van der Waals surface area contributed by atoms with E-state index < -0.39 is 4.92 Å². The Kier molecular flexibility index (Phi) is 4.62. The van der Waals surface area contributed by atoms with Crippen LogP contribution >= 0.6 is 0 Å². The average Bonchev–Trinajstić information content (AvgIpc) is 2.61. The van der Waals surface area contributed by atoms with Crippen LogP contribution in [-0.2, 0) is 6.54 Å². The van der Waals surface area contributed by atoms with Gasteiger partial charge in [-0.3, -0.25) is 15.1 Å². The zero-order chi connectivity index (χ0) is 16.9. The molecule has 0 saturated heterocycles. The molecule has 24 heavy (non-hydrogen) atoms. The summed E-state index contributed by atoms with van der Waals surface area (Å²) in [4.78, 5) is 21.0. The van der Waals surface area contributed by atoms with Gasteiger partial charge in [-0.15, -0.1) is 0 Å². The number of nitro benzene ring substituents is 1. The van der Waals surface area contributed by atoms with Crippen molar-refractivity contribution in [2.45, 2.75) is 6.54 Å². The van der Waals surface area contributed by atoms with E-state index in [4.69, 9.17) is 0 Å². The van der Waals surface area contributed by atoms with Crippen LogP contribution in [0.3, 0.4) is 0 Å². The molecule has 122 valence electrons. The summed E-state index contributed by atoms with van der Waals surface area (Å²) >= 11 is 0. The lowest BCUT2D eigenvalue weighted by atomic mass is 10.2. The van der Waals surface area contributed by atoms with E-state index in [1.165, 1.54) is 12.1 Å². The largest absolute Gasteiger partial charge is 0.395 e. The van der Waals surface area contributed by atoms with Crippen molar-refractivity contribution in [1.29, 1.82) is 0 Å². The molecule has 0 aliphatic rings. The van der Waals surface area contributed by atoms with Gasteiger partial charge >= 0.3 is 0 Å². The number of hydrogen-bond donors (Lipinski definition) is 1. The minimum Gasteiger partial charge on any atom is -0.395 e. The van der Waals surface area contributed by atoms with E-state index in [0.29, 0.717) is 29.8 Å². The number of nitrogens with zero attached hydrogens (tertiary/aromatic N) is 4. The smallest absolute Gasteiger partial charge is 0.270 e. The standard InChI is InChI=1S/C17H16N4O3/c22-9-8-20(12-13-2-1-7-18-11-13)17-6-3-14-10-15(21(23)24)4-5-16(14)19-17/h1-7,10-11,22H,8-9,12H2. The highest BCUT2D eigenvalue weighted by molar-refractivity contribution is 5.82. The van der Waals surface area contributed by atoms with Crippen LogP contribution in [0.2, 0.25) is 0 Å². The number of benzene rings is 1. The average molecular weight is 324 g/mol. The number of aliphatic hydroxyl groups excluding tert-OH is 1. The van der Waals surface area contributed by atoms with E-state index in [9.17, 15) is 15.2 Å². The van der Waals surface area contributed by atoms with Crippen molar-refractivity contribution < 1.29 is 10.0 Å². The summed E-state index contributed by atoms with van der Waals surface area (Å²) in [6.07, 6.45) is 3.48. The Balaban J connectivity index is 1.92. The summed E-state index contributed by atoms with van der Waals surface area (Å²) in [7, 11) is 0. The van der Waals surface area contributed by atoms with Crippen LogP contribution in [-0.4, -0.2) is 33.1 Å². The normalized spacial score (nSPS) is 10.7. The predicted molar refractivity (Wildman–Crippen MR) is 90.8 cm³/mol. The number of nitro groups is 1. The SMILES string of the molecule is O=[N+]([O-])c1ccc2nc(N(CCO)Cc3cccnc3)ccc2c1. The molecule has 0 saturated carbocycles. The molecular weight excluding hydrogens is 308 g/mol. The van der Waals surface area contributed by atoms with Crippen molar-refractivity contribution in [3.8, 4) is 0 Å². The van der Waals surface area contributed by atoms with Gasteiger partial charge in [0.1, 0.15) is 5.82 Å². The van der Waals surface area contributed by atoms with E-state index in [2.05, 4.69) is 9.97 Å². The van der Waals surface area contributed by atoms with Crippen LogP contribution in [0.15, 0.2) is 54.9 Å². The lowest BCUT2D eigenvalue weighted by Crippen LogP contribution is -2.27. The second kappa shape index (κ2) is 7.01. The molecular formula is C17H16N4O3. The van der Waals surface area contributed by atoms with Gasteiger partial charge in [-0.05, 0) is 29.8 Å². The highest BCUT2D eigenvalue weighted by atomic mass is 16.6. The highest BCUT2D eigenvalue weighted by Gasteiger charge is 2.11. The Hall–Kier alpha value is -3.06. The molecule has 0 aliphatic carbocycles. The minimum absolute atomic E-state index is 0.000239. The van der Waals surface area contributed by atoms with E-state index >= 15 is 0 Å². The van der Waals surface area contributed by atoms with Crippen molar-refractivity contribution in [3.63, 3.8) is 0 Å². The van der Waals surface area contributed by atoms with Gasteiger partial charge in [0.05, 0.1) is 17.0 Å². The molecule has 1 N–H and O–H groups in total. The summed E-state index contributed by atoms with van der Waals surface area (Å²) in [5, 5.41) is 20.9. The van der Waals surface area contributed by atoms with Crippen molar-refractivity contribution in [2.24, 2.45) is 0 Å². The topological polar surface area (TPSA) is 92.4 Å². The zero-order valence-corrected chi connectivity index (χ0v) is 12.9. The van der Waals surface area contributed by atoms with E-state index in [-0.39, 0.29) is 12.3 Å². The van der Waals surface area contributed by atoms with Crippen LogP contribution in [0.25, 0.3) is 10.9 Å². The molecule has 3 rings (SSSR count). The summed E-state index contributed by atoms with van der Waals surface area (Å²) in [6, 6.07) is 12.0. The summed E-state index contributed by atoms with van der Waals surface area (Å²) in [5.41, 5.74) is 1.73. The molecule has 0 bridgehead atoms. The fourth-order valence-electron chi connectivity index (χ4n) is 2.50. The molecule has 1 aromatic carbocycles. The van der Waals surface area contributed by atoms with Crippen molar-refractivity contribution in [2.75, 3.05) is 18.1 Å². The lowest BCUT2D eigenvalue weighted by molar-refractivity contribution is -0.384. The maximum atomic E-state index is 10.9. The summed E-state index contributed by atoms with van der Waals surface area (Å²) in [6.45, 7) is 1.00. The Morgan fingerprint density at radius 1 is 1.21 bits per heavy atom. The molecule has 7 heteroatoms. The Morgan fingerprint density at radius 3 is 2.79 bits per heavy atom. The van der Waals surface area contributed by atoms with Crippen LogP contribution in [0.4, 0.5) is 11.5 Å². The molecule has 0 amide bonds. The number of fused-ring (bicyclic) bond motifs is 1. The first-order valence-corrected chi connectivity index (χ1v) is 7.47. The van der Waals surface area contributed by atoms with Gasteiger partial charge in [-0.1, -0.05) is 6.07 Å². The van der Waals surface area contributed by atoms with Gasteiger partial charge in [0, 0.05) is 43.0 Å². The fourth-order valence-corrected chi connectivity index (χ4v) is 2.50. The first-order chi connectivity index (χ1) is 11.7. The molecule has 7 nitrogen and oxygen atoms in total. The molecule has 0 spiro atoms. The maximum Gasteiger partial charge on any atom is 0.270 e. The number of rotatable bonds is 6.